The van der Waals surface area contributed by atoms with Crippen LogP contribution >= 0.6 is 0 Å². The van der Waals surface area contributed by atoms with Crippen LogP contribution < -0.4 is 0 Å². The van der Waals surface area contributed by atoms with Crippen molar-refractivity contribution in [1.29, 1.82) is 0 Å². The Labute approximate surface area is 162 Å². The van der Waals surface area contributed by atoms with Crippen molar-refractivity contribution in [1.82, 2.24) is 4.90 Å². The lowest BCUT2D eigenvalue weighted by Crippen LogP contribution is -2.42. The number of nitrogens with zero attached hydrogens (tertiary/aromatic N) is 2. The summed E-state index contributed by atoms with van der Waals surface area (Å²) in [5, 5.41) is 4.04. The zero-order valence-corrected chi connectivity index (χ0v) is 15.5. The van der Waals surface area contributed by atoms with Crippen molar-refractivity contribution in [2.45, 2.75) is 38.3 Å². The van der Waals surface area contributed by atoms with Gasteiger partial charge in [-0.2, -0.15) is 0 Å². The first kappa shape index (κ1) is 18.6. The van der Waals surface area contributed by atoms with Crippen LogP contribution in [0, 0.1) is 17.6 Å². The molecule has 0 aromatic heterocycles. The maximum absolute atomic E-state index is 14.0. The Kier molecular flexibility index (Phi) is 5.37. The van der Waals surface area contributed by atoms with Crippen LogP contribution in [0.1, 0.15) is 36.8 Å². The largest absolute Gasteiger partial charge is 0.390 e. The van der Waals surface area contributed by atoms with E-state index in [4.69, 9.17) is 4.84 Å². The fraction of sp³-hybridized carbons (Fsp3) is 0.364. The molecule has 0 unspecified atom stereocenters. The van der Waals surface area contributed by atoms with Crippen LogP contribution in [0.5, 0.6) is 0 Å². The number of halogens is 2. The van der Waals surface area contributed by atoms with Gasteiger partial charge in [0.2, 0.25) is 5.91 Å². The van der Waals surface area contributed by atoms with E-state index in [1.165, 1.54) is 18.2 Å². The molecule has 4 nitrogen and oxygen atoms in total. The first-order valence-electron chi connectivity index (χ1n) is 9.61. The number of carbonyl (C=O) groups is 1. The van der Waals surface area contributed by atoms with Gasteiger partial charge in [-0.1, -0.05) is 41.9 Å². The highest BCUT2D eigenvalue weighted by Gasteiger charge is 2.33. The normalized spacial score (nSPS) is 18.9. The van der Waals surface area contributed by atoms with Gasteiger partial charge in [0, 0.05) is 24.4 Å². The highest BCUT2D eigenvalue weighted by molar-refractivity contribution is 6.01. The van der Waals surface area contributed by atoms with Crippen LogP contribution in [-0.2, 0) is 16.2 Å². The molecule has 146 valence electrons. The summed E-state index contributed by atoms with van der Waals surface area (Å²) >= 11 is 0. The van der Waals surface area contributed by atoms with Gasteiger partial charge in [-0.25, -0.2) is 8.78 Å². The molecule has 0 radical (unpaired) electrons. The molecule has 4 rings (SSSR count). The fourth-order valence-electron chi connectivity index (χ4n) is 3.63. The number of carbonyl (C=O) groups excluding carboxylic acids is 1. The van der Waals surface area contributed by atoms with E-state index in [1.807, 2.05) is 0 Å². The maximum Gasteiger partial charge on any atom is 0.226 e. The minimum Gasteiger partial charge on any atom is -0.390 e. The van der Waals surface area contributed by atoms with Crippen molar-refractivity contribution in [2.75, 3.05) is 6.54 Å². The van der Waals surface area contributed by atoms with E-state index in [1.54, 1.807) is 35.2 Å². The molecule has 1 atom stereocenters. The van der Waals surface area contributed by atoms with Crippen molar-refractivity contribution >= 4 is 11.6 Å². The third-order valence-corrected chi connectivity index (χ3v) is 5.37. The second-order valence-electron chi connectivity index (χ2n) is 7.43. The van der Waals surface area contributed by atoms with Gasteiger partial charge in [-0.05, 0) is 36.6 Å². The number of hydrogen-bond acceptors (Lipinski definition) is 3. The molecule has 1 amide bonds. The standard InChI is InChI=1S/C22H22F2N2O2/c23-17-8-3-5-15(11-17)13-26(22(27)16-6-4-7-16)14-18-12-21(25-28-18)19-9-1-2-10-20(19)24/h1-3,5,8-11,16,18H,4,6-7,12-14H2/t18-/m0/s1. The summed E-state index contributed by atoms with van der Waals surface area (Å²) < 4.78 is 27.6. The first-order valence-corrected chi connectivity index (χ1v) is 9.61. The Morgan fingerprint density at radius 3 is 2.68 bits per heavy atom. The molecule has 2 aromatic carbocycles. The van der Waals surface area contributed by atoms with Crippen molar-refractivity contribution in [3.8, 4) is 0 Å². The molecule has 1 heterocycles. The van der Waals surface area contributed by atoms with Gasteiger partial charge < -0.3 is 9.74 Å². The van der Waals surface area contributed by atoms with Gasteiger partial charge in [0.15, 0.2) is 6.10 Å². The highest BCUT2D eigenvalue weighted by Crippen LogP contribution is 2.30. The predicted octanol–water partition coefficient (Wildman–Crippen LogP) is 4.29. The second kappa shape index (κ2) is 8.09. The molecule has 2 aromatic rings. The lowest BCUT2D eigenvalue weighted by molar-refractivity contribution is -0.140. The smallest absolute Gasteiger partial charge is 0.226 e. The van der Waals surface area contributed by atoms with E-state index in [9.17, 15) is 13.6 Å². The minimum atomic E-state index is -0.341. The van der Waals surface area contributed by atoms with Crippen molar-refractivity contribution in [3.63, 3.8) is 0 Å². The van der Waals surface area contributed by atoms with E-state index in [0.717, 1.165) is 24.8 Å². The number of hydrogen-bond donors (Lipinski definition) is 0. The van der Waals surface area contributed by atoms with Crippen LogP contribution in [0.15, 0.2) is 53.7 Å². The Bertz CT molecular complexity index is 896. The van der Waals surface area contributed by atoms with Gasteiger partial charge >= 0.3 is 0 Å². The molecule has 1 aliphatic carbocycles. The lowest BCUT2D eigenvalue weighted by atomic mass is 9.84. The van der Waals surface area contributed by atoms with Crippen LogP contribution in [0.2, 0.25) is 0 Å². The van der Waals surface area contributed by atoms with Gasteiger partial charge in [0.25, 0.3) is 0 Å². The Morgan fingerprint density at radius 2 is 1.96 bits per heavy atom. The maximum atomic E-state index is 14.0. The second-order valence-corrected chi connectivity index (χ2v) is 7.43. The van der Waals surface area contributed by atoms with E-state index in [0.29, 0.717) is 30.8 Å². The van der Waals surface area contributed by atoms with Crippen molar-refractivity contribution < 1.29 is 18.4 Å². The molecule has 0 saturated heterocycles. The van der Waals surface area contributed by atoms with Crippen LogP contribution in [0.25, 0.3) is 0 Å². The Morgan fingerprint density at radius 1 is 1.14 bits per heavy atom. The van der Waals surface area contributed by atoms with Gasteiger partial charge in [0.05, 0.1) is 12.3 Å². The summed E-state index contributed by atoms with van der Waals surface area (Å²) in [4.78, 5) is 20.1. The molecule has 6 heteroatoms. The zero-order chi connectivity index (χ0) is 19.5. The molecular formula is C22H22F2N2O2. The molecule has 0 bridgehead atoms. The Balaban J connectivity index is 1.45. The van der Waals surface area contributed by atoms with Gasteiger partial charge in [-0.15, -0.1) is 0 Å². The van der Waals surface area contributed by atoms with Gasteiger partial charge in [-0.3, -0.25) is 4.79 Å². The first-order chi connectivity index (χ1) is 13.6. The molecular weight excluding hydrogens is 362 g/mol. The monoisotopic (exact) mass is 384 g/mol. The quantitative estimate of drug-likeness (QED) is 0.746. The molecule has 1 aliphatic heterocycles. The van der Waals surface area contributed by atoms with Crippen molar-refractivity contribution in [3.05, 3.63) is 71.3 Å². The van der Waals surface area contributed by atoms with E-state index < -0.39 is 0 Å². The molecule has 2 aliphatic rings. The predicted molar refractivity (Wildman–Crippen MR) is 102 cm³/mol. The van der Waals surface area contributed by atoms with Crippen LogP contribution in [0.4, 0.5) is 8.78 Å². The minimum absolute atomic E-state index is 0.0296. The summed E-state index contributed by atoms with van der Waals surface area (Å²) in [6.45, 7) is 0.662. The van der Waals surface area contributed by atoms with E-state index in [2.05, 4.69) is 5.16 Å². The molecule has 0 spiro atoms. The van der Waals surface area contributed by atoms with Crippen LogP contribution in [-0.4, -0.2) is 29.2 Å². The Hall–Kier alpha value is -2.76. The third-order valence-electron chi connectivity index (χ3n) is 5.37. The average Bonchev–Trinajstić information content (AvgIpc) is 3.08. The van der Waals surface area contributed by atoms with Crippen molar-refractivity contribution in [2.24, 2.45) is 11.1 Å². The van der Waals surface area contributed by atoms with Gasteiger partial charge in [0.1, 0.15) is 11.6 Å². The summed E-state index contributed by atoms with van der Waals surface area (Å²) in [5.41, 5.74) is 1.71. The summed E-state index contributed by atoms with van der Waals surface area (Å²) in [6.07, 6.45) is 2.93. The molecule has 0 N–H and O–H groups in total. The SMILES string of the molecule is O=C(C1CCC1)N(Cc1cccc(F)c1)C[C@@H]1CC(c2ccccc2F)=NO1. The average molecular weight is 384 g/mol. The number of oxime groups is 1. The molecule has 1 fully saturated rings. The summed E-state index contributed by atoms with van der Waals surface area (Å²) in [5.74, 6) is -0.566. The fourth-order valence-corrected chi connectivity index (χ4v) is 3.63. The highest BCUT2D eigenvalue weighted by atomic mass is 19.1. The molecule has 1 saturated carbocycles. The van der Waals surface area contributed by atoms with Crippen LogP contribution in [0.3, 0.4) is 0 Å². The summed E-state index contributed by atoms with van der Waals surface area (Å²) in [6, 6.07) is 12.7. The number of benzene rings is 2. The number of amides is 1. The zero-order valence-electron chi connectivity index (χ0n) is 15.5. The lowest BCUT2D eigenvalue weighted by Gasteiger charge is -2.32. The summed E-state index contributed by atoms with van der Waals surface area (Å²) in [7, 11) is 0. The third kappa shape index (κ3) is 4.06. The van der Waals surface area contributed by atoms with E-state index in [-0.39, 0.29) is 29.6 Å². The molecule has 28 heavy (non-hydrogen) atoms. The number of rotatable bonds is 6. The van der Waals surface area contributed by atoms with E-state index >= 15 is 0 Å². The topological polar surface area (TPSA) is 41.9 Å².